The molecule has 0 amide bonds. The van der Waals surface area contributed by atoms with Crippen LogP contribution in [-0.2, 0) is 11.2 Å². The maximum absolute atomic E-state index is 14.5. The van der Waals surface area contributed by atoms with Crippen molar-refractivity contribution in [2.75, 3.05) is 18.2 Å². The van der Waals surface area contributed by atoms with Gasteiger partial charge in [0.2, 0.25) is 0 Å². The van der Waals surface area contributed by atoms with Crippen LogP contribution < -0.4 is 11.1 Å². The van der Waals surface area contributed by atoms with E-state index in [0.29, 0.717) is 16.6 Å². The third kappa shape index (κ3) is 3.77. The van der Waals surface area contributed by atoms with E-state index in [0.717, 1.165) is 5.56 Å². The summed E-state index contributed by atoms with van der Waals surface area (Å²) in [6, 6.07) is 7.81. The quantitative estimate of drug-likeness (QED) is 0.471. The number of pyridine rings is 2. The highest BCUT2D eigenvalue weighted by Gasteiger charge is 2.21. The Hall–Kier alpha value is -4.01. The highest BCUT2D eigenvalue weighted by atomic mass is 19.1. The fraction of sp³-hybridized carbons (Fsp3) is 0.136. The number of carbonyl (C=O) groups is 1. The van der Waals surface area contributed by atoms with Gasteiger partial charge in [0.05, 0.1) is 24.5 Å². The van der Waals surface area contributed by atoms with E-state index in [1.54, 1.807) is 35.7 Å². The van der Waals surface area contributed by atoms with Crippen molar-refractivity contribution in [2.45, 2.75) is 13.3 Å². The lowest BCUT2D eigenvalue weighted by Crippen LogP contribution is -2.12. The van der Waals surface area contributed by atoms with Gasteiger partial charge in [-0.05, 0) is 47.9 Å². The predicted octanol–water partition coefficient (Wildman–Crippen LogP) is 4.02. The van der Waals surface area contributed by atoms with Crippen molar-refractivity contribution in [1.82, 2.24) is 14.4 Å². The predicted molar refractivity (Wildman–Crippen MR) is 112 cm³/mol. The third-order valence-electron chi connectivity index (χ3n) is 4.94. The van der Waals surface area contributed by atoms with Gasteiger partial charge >= 0.3 is 5.97 Å². The number of fused-ring (bicyclic) bond motifs is 1. The monoisotopic (exact) mass is 423 g/mol. The van der Waals surface area contributed by atoms with E-state index in [2.05, 4.69) is 15.3 Å². The Morgan fingerprint density at radius 3 is 2.77 bits per heavy atom. The van der Waals surface area contributed by atoms with Gasteiger partial charge in [0, 0.05) is 12.6 Å². The molecule has 0 radical (unpaired) electrons. The van der Waals surface area contributed by atoms with Crippen LogP contribution in [0.3, 0.4) is 0 Å². The summed E-state index contributed by atoms with van der Waals surface area (Å²) in [7, 11) is 1.25. The number of anilines is 3. The number of methoxy groups -OCH3 is 1. The summed E-state index contributed by atoms with van der Waals surface area (Å²) >= 11 is 0. The van der Waals surface area contributed by atoms with Gasteiger partial charge in [0.15, 0.2) is 11.6 Å². The summed E-state index contributed by atoms with van der Waals surface area (Å²) in [5.74, 6) is -1.66. The molecule has 0 aliphatic carbocycles. The SMILES string of the molecule is COC(=O)c1cc(Cc2ccnc(N)c2F)c2cncn2c1Nc1ccc(C)cc1F. The molecule has 4 aromatic rings. The molecule has 0 bridgehead atoms. The second kappa shape index (κ2) is 8.02. The molecule has 3 aromatic heterocycles. The van der Waals surface area contributed by atoms with Crippen molar-refractivity contribution >= 4 is 28.8 Å². The van der Waals surface area contributed by atoms with Gasteiger partial charge in [-0.3, -0.25) is 4.40 Å². The van der Waals surface area contributed by atoms with Crippen LogP contribution >= 0.6 is 0 Å². The Kier molecular flexibility index (Phi) is 5.24. The number of hydrogen-bond acceptors (Lipinski definition) is 6. The number of imidazole rings is 1. The summed E-state index contributed by atoms with van der Waals surface area (Å²) < 4.78 is 35.4. The van der Waals surface area contributed by atoms with Crippen LogP contribution in [-0.4, -0.2) is 27.4 Å². The lowest BCUT2D eigenvalue weighted by atomic mass is 10.0. The molecule has 0 saturated heterocycles. The molecule has 9 heteroatoms. The molecule has 3 N–H and O–H groups in total. The number of rotatable bonds is 5. The molecule has 3 heterocycles. The number of esters is 1. The number of nitrogens with two attached hydrogens (primary N) is 1. The Labute approximate surface area is 176 Å². The first-order chi connectivity index (χ1) is 14.9. The number of halogens is 2. The molecule has 31 heavy (non-hydrogen) atoms. The average Bonchev–Trinajstić information content (AvgIpc) is 3.24. The van der Waals surface area contributed by atoms with Crippen LogP contribution in [0.15, 0.2) is 49.1 Å². The number of nitrogen functional groups attached to an aromatic ring is 1. The Morgan fingerprint density at radius 1 is 1.23 bits per heavy atom. The van der Waals surface area contributed by atoms with Crippen LogP contribution in [0.25, 0.3) is 5.52 Å². The van der Waals surface area contributed by atoms with Crippen LogP contribution in [0, 0.1) is 18.6 Å². The number of hydrogen-bond donors (Lipinski definition) is 2. The minimum atomic E-state index is -0.637. The van der Waals surface area contributed by atoms with Gasteiger partial charge in [-0.1, -0.05) is 6.07 Å². The maximum atomic E-state index is 14.5. The molecule has 1 aromatic carbocycles. The lowest BCUT2D eigenvalue weighted by Gasteiger charge is -2.17. The zero-order valence-electron chi connectivity index (χ0n) is 16.8. The third-order valence-corrected chi connectivity index (χ3v) is 4.94. The first kappa shape index (κ1) is 20.3. The van der Waals surface area contributed by atoms with E-state index in [1.165, 1.54) is 31.8 Å². The Bertz CT molecular complexity index is 1300. The molecule has 158 valence electrons. The summed E-state index contributed by atoms with van der Waals surface area (Å²) in [5, 5.41) is 2.97. The molecule has 0 unspecified atom stereocenters. The molecule has 7 nitrogen and oxygen atoms in total. The van der Waals surface area contributed by atoms with E-state index < -0.39 is 17.6 Å². The summed E-state index contributed by atoms with van der Waals surface area (Å²) in [6.45, 7) is 1.78. The zero-order valence-corrected chi connectivity index (χ0v) is 16.8. The smallest absolute Gasteiger partial charge is 0.341 e. The van der Waals surface area contributed by atoms with Gasteiger partial charge in [0.1, 0.15) is 23.5 Å². The second-order valence-corrected chi connectivity index (χ2v) is 7.03. The lowest BCUT2D eigenvalue weighted by molar-refractivity contribution is 0.0601. The van der Waals surface area contributed by atoms with E-state index in [9.17, 15) is 13.6 Å². The fourth-order valence-electron chi connectivity index (χ4n) is 3.38. The highest BCUT2D eigenvalue weighted by molar-refractivity contribution is 5.97. The number of ether oxygens (including phenoxy) is 1. The molecular formula is C22H19F2N5O2. The van der Waals surface area contributed by atoms with Crippen molar-refractivity contribution in [2.24, 2.45) is 0 Å². The van der Waals surface area contributed by atoms with Crippen molar-refractivity contribution < 1.29 is 18.3 Å². The summed E-state index contributed by atoms with van der Waals surface area (Å²) in [4.78, 5) is 20.4. The Morgan fingerprint density at radius 2 is 2.03 bits per heavy atom. The van der Waals surface area contributed by atoms with Crippen LogP contribution in [0.1, 0.15) is 27.0 Å². The molecular weight excluding hydrogens is 404 g/mol. The summed E-state index contributed by atoms with van der Waals surface area (Å²) in [6.07, 6.45) is 4.61. The average molecular weight is 423 g/mol. The normalized spacial score (nSPS) is 11.0. The van der Waals surface area contributed by atoms with Gasteiger partial charge in [-0.15, -0.1) is 0 Å². The van der Waals surface area contributed by atoms with Gasteiger partial charge < -0.3 is 15.8 Å². The fourth-order valence-corrected chi connectivity index (χ4v) is 3.38. The van der Waals surface area contributed by atoms with Crippen LogP contribution in [0.5, 0.6) is 0 Å². The first-order valence-corrected chi connectivity index (χ1v) is 9.37. The van der Waals surface area contributed by atoms with Gasteiger partial charge in [0.25, 0.3) is 0 Å². The minimum Gasteiger partial charge on any atom is -0.465 e. The van der Waals surface area contributed by atoms with Crippen molar-refractivity contribution in [3.05, 3.63) is 82.9 Å². The van der Waals surface area contributed by atoms with Crippen molar-refractivity contribution in [1.29, 1.82) is 0 Å². The highest BCUT2D eigenvalue weighted by Crippen LogP contribution is 2.30. The molecule has 0 aliphatic rings. The largest absolute Gasteiger partial charge is 0.465 e. The number of aromatic nitrogens is 3. The van der Waals surface area contributed by atoms with Crippen LogP contribution in [0.4, 0.5) is 26.1 Å². The van der Waals surface area contributed by atoms with E-state index in [4.69, 9.17) is 10.5 Å². The molecule has 4 rings (SSSR count). The second-order valence-electron chi connectivity index (χ2n) is 7.03. The van der Waals surface area contributed by atoms with Gasteiger partial charge in [-0.2, -0.15) is 0 Å². The number of aryl methyl sites for hydroxylation is 1. The van der Waals surface area contributed by atoms with E-state index in [-0.39, 0.29) is 29.3 Å². The summed E-state index contributed by atoms with van der Waals surface area (Å²) in [5.41, 5.74) is 8.20. The van der Waals surface area contributed by atoms with Crippen LogP contribution in [0.2, 0.25) is 0 Å². The number of nitrogens with one attached hydrogen (secondary N) is 1. The number of carbonyl (C=O) groups excluding carboxylic acids is 1. The standard InChI is InChI=1S/C22H19F2N5O2/c1-12-3-4-17(16(23)7-12)28-21-15(22(30)31-2)9-14(18-10-26-11-29(18)21)8-13-5-6-27-20(25)19(13)24/h3-7,9-11,28H,8H2,1-2H3,(H2,25,27). The van der Waals surface area contributed by atoms with E-state index in [1.807, 2.05) is 0 Å². The Balaban J connectivity index is 1.87. The van der Waals surface area contributed by atoms with Gasteiger partial charge in [-0.25, -0.2) is 23.5 Å². The molecule has 0 aliphatic heterocycles. The number of benzene rings is 1. The topological polar surface area (TPSA) is 94.5 Å². The first-order valence-electron chi connectivity index (χ1n) is 9.37. The van der Waals surface area contributed by atoms with E-state index >= 15 is 0 Å². The molecule has 0 atom stereocenters. The maximum Gasteiger partial charge on any atom is 0.341 e. The van der Waals surface area contributed by atoms with Crippen molar-refractivity contribution in [3.8, 4) is 0 Å². The van der Waals surface area contributed by atoms with Crippen molar-refractivity contribution in [3.63, 3.8) is 0 Å². The zero-order chi connectivity index (χ0) is 22.1. The molecule has 0 saturated carbocycles. The minimum absolute atomic E-state index is 0.136. The molecule has 0 fully saturated rings. The number of nitrogens with zero attached hydrogens (tertiary/aromatic N) is 3. The molecule has 0 spiro atoms.